The van der Waals surface area contributed by atoms with Gasteiger partial charge < -0.3 is 15.2 Å². The molecule has 1 aliphatic carbocycles. The van der Waals surface area contributed by atoms with E-state index in [2.05, 4.69) is 22.2 Å². The van der Waals surface area contributed by atoms with Gasteiger partial charge in [0.05, 0.1) is 0 Å². The topological polar surface area (TPSA) is 48.1 Å². The van der Waals surface area contributed by atoms with Crippen LogP contribution in [0.3, 0.4) is 0 Å². The van der Waals surface area contributed by atoms with Gasteiger partial charge in [0.2, 0.25) is 0 Å². The van der Waals surface area contributed by atoms with E-state index in [9.17, 15) is 4.79 Å². The number of nitrogens with zero attached hydrogens (tertiary/aromatic N) is 1. The van der Waals surface area contributed by atoms with Gasteiger partial charge in [-0.05, 0) is 51.4 Å². The molecule has 0 bridgehead atoms. The molecule has 1 amide bonds. The third-order valence-corrected chi connectivity index (χ3v) is 4.51. The lowest BCUT2D eigenvalue weighted by Gasteiger charge is -2.31. The molecule has 1 aliphatic rings. The van der Waals surface area contributed by atoms with Crippen LogP contribution in [0.2, 0.25) is 0 Å². The molecule has 2 rings (SSSR count). The lowest BCUT2D eigenvalue weighted by molar-refractivity contribution is 0.0948. The van der Waals surface area contributed by atoms with E-state index in [1.807, 2.05) is 6.07 Å². The zero-order valence-corrected chi connectivity index (χ0v) is 13.2. The maximum atomic E-state index is 11.7. The van der Waals surface area contributed by atoms with Crippen LogP contribution >= 0.6 is 0 Å². The van der Waals surface area contributed by atoms with Gasteiger partial charge in [-0.25, -0.2) is 0 Å². The molecule has 0 unspecified atom stereocenters. The third-order valence-electron chi connectivity index (χ3n) is 4.51. The Labute approximate surface area is 128 Å². The van der Waals surface area contributed by atoms with Gasteiger partial charge >= 0.3 is 0 Å². The van der Waals surface area contributed by atoms with Crippen LogP contribution in [0, 0.1) is 0 Å². The van der Waals surface area contributed by atoms with Crippen molar-refractivity contribution >= 4 is 5.91 Å². The maximum absolute atomic E-state index is 11.7. The van der Waals surface area contributed by atoms with Crippen molar-refractivity contribution in [2.75, 3.05) is 20.1 Å². The van der Waals surface area contributed by atoms with E-state index in [0.29, 0.717) is 5.69 Å². The van der Waals surface area contributed by atoms with Gasteiger partial charge in [0, 0.05) is 18.8 Å². The molecule has 0 saturated heterocycles. The second kappa shape index (κ2) is 8.88. The van der Waals surface area contributed by atoms with E-state index in [1.54, 1.807) is 12.3 Å². The third kappa shape index (κ3) is 5.54. The van der Waals surface area contributed by atoms with E-state index >= 15 is 0 Å². The lowest BCUT2D eigenvalue weighted by atomic mass is 9.94. The zero-order valence-electron chi connectivity index (χ0n) is 13.2. The normalized spacial score (nSPS) is 16.3. The van der Waals surface area contributed by atoms with Crippen molar-refractivity contribution in [3.63, 3.8) is 0 Å². The van der Waals surface area contributed by atoms with Crippen LogP contribution in [0.15, 0.2) is 18.3 Å². The van der Waals surface area contributed by atoms with Crippen molar-refractivity contribution in [3.05, 3.63) is 24.0 Å². The van der Waals surface area contributed by atoms with Crippen LogP contribution in [0.25, 0.3) is 0 Å². The Morgan fingerprint density at radius 3 is 2.81 bits per heavy atom. The van der Waals surface area contributed by atoms with Crippen molar-refractivity contribution in [3.8, 4) is 0 Å². The zero-order chi connectivity index (χ0) is 14.9. The molecule has 1 aromatic heterocycles. The molecule has 0 radical (unpaired) electrons. The van der Waals surface area contributed by atoms with Crippen molar-refractivity contribution in [1.29, 1.82) is 0 Å². The minimum Gasteiger partial charge on any atom is -0.357 e. The summed E-state index contributed by atoms with van der Waals surface area (Å²) in [5.74, 6) is -0.000626. The summed E-state index contributed by atoms with van der Waals surface area (Å²) in [5, 5.41) is 2.95. The van der Waals surface area contributed by atoms with Gasteiger partial charge in [0.1, 0.15) is 5.69 Å². The van der Waals surface area contributed by atoms with Gasteiger partial charge in [-0.15, -0.1) is 0 Å². The Morgan fingerprint density at radius 2 is 2.10 bits per heavy atom. The monoisotopic (exact) mass is 291 g/mol. The highest BCUT2D eigenvalue weighted by molar-refractivity contribution is 5.92. The fraction of sp³-hybridized carbons (Fsp3) is 0.706. The smallest absolute Gasteiger partial charge is 0.267 e. The van der Waals surface area contributed by atoms with Gasteiger partial charge in [-0.2, -0.15) is 0 Å². The predicted octanol–water partition coefficient (Wildman–Crippen LogP) is 3.18. The average molecular weight is 291 g/mol. The van der Waals surface area contributed by atoms with Crippen LogP contribution in [0.4, 0.5) is 0 Å². The second-order valence-corrected chi connectivity index (χ2v) is 6.17. The molecule has 1 aromatic rings. The Bertz CT molecular complexity index is 396. The Kier molecular flexibility index (Phi) is 6.80. The minimum absolute atomic E-state index is 0.000626. The molecule has 4 heteroatoms. The molecule has 0 atom stereocenters. The number of unbranched alkanes of at least 4 members (excludes halogenated alkanes) is 2. The maximum Gasteiger partial charge on any atom is 0.267 e. The van der Waals surface area contributed by atoms with E-state index in [4.69, 9.17) is 0 Å². The molecule has 1 fully saturated rings. The number of hydrogen-bond acceptors (Lipinski definition) is 2. The molecular weight excluding hydrogens is 262 g/mol. The molecule has 0 aromatic carbocycles. The van der Waals surface area contributed by atoms with Crippen molar-refractivity contribution < 1.29 is 4.79 Å². The molecule has 1 heterocycles. The summed E-state index contributed by atoms with van der Waals surface area (Å²) in [7, 11) is 2.27. The molecular formula is C17H29N3O. The van der Waals surface area contributed by atoms with E-state index in [0.717, 1.165) is 19.0 Å². The molecule has 1 saturated carbocycles. The number of H-pyrrole nitrogens is 1. The van der Waals surface area contributed by atoms with Gasteiger partial charge in [-0.1, -0.05) is 25.7 Å². The number of carbonyl (C=O) groups is 1. The number of aromatic amines is 1. The first-order valence-electron chi connectivity index (χ1n) is 8.39. The largest absolute Gasteiger partial charge is 0.357 e. The standard InChI is InChI=1S/C17H29N3O/c1-20(15-9-4-2-5-10-15)14-7-3-6-12-19-17(21)16-11-8-13-18-16/h8,11,13,15,18H,2-7,9-10,12,14H2,1H3,(H,19,21). The number of carbonyl (C=O) groups excluding carboxylic acids is 1. The molecule has 118 valence electrons. The van der Waals surface area contributed by atoms with Crippen LogP contribution < -0.4 is 5.32 Å². The number of nitrogens with one attached hydrogen (secondary N) is 2. The van der Waals surface area contributed by atoms with Crippen molar-refractivity contribution in [2.24, 2.45) is 0 Å². The number of rotatable bonds is 8. The summed E-state index contributed by atoms with van der Waals surface area (Å²) in [6.45, 7) is 1.96. The van der Waals surface area contributed by atoms with E-state index in [-0.39, 0.29) is 5.91 Å². The quantitative estimate of drug-likeness (QED) is 0.723. The second-order valence-electron chi connectivity index (χ2n) is 6.17. The first kappa shape index (κ1) is 16.1. The molecule has 4 nitrogen and oxygen atoms in total. The summed E-state index contributed by atoms with van der Waals surface area (Å²) >= 11 is 0. The summed E-state index contributed by atoms with van der Waals surface area (Å²) in [4.78, 5) is 17.2. The molecule has 0 spiro atoms. The van der Waals surface area contributed by atoms with Crippen molar-refractivity contribution in [1.82, 2.24) is 15.2 Å². The first-order valence-corrected chi connectivity index (χ1v) is 8.39. The number of hydrogen-bond donors (Lipinski definition) is 2. The average Bonchev–Trinajstić information content (AvgIpc) is 3.05. The first-order chi connectivity index (χ1) is 10.3. The summed E-state index contributed by atoms with van der Waals surface area (Å²) in [6, 6.07) is 4.45. The lowest BCUT2D eigenvalue weighted by Crippen LogP contribution is -2.34. The van der Waals surface area contributed by atoms with Crippen LogP contribution in [0.5, 0.6) is 0 Å². The predicted molar refractivity (Wildman–Crippen MR) is 86.5 cm³/mol. The van der Waals surface area contributed by atoms with Crippen LogP contribution in [-0.2, 0) is 0 Å². The summed E-state index contributed by atoms with van der Waals surface area (Å²) < 4.78 is 0. The summed E-state index contributed by atoms with van der Waals surface area (Å²) in [6.07, 6.45) is 12.2. The SMILES string of the molecule is CN(CCCCCNC(=O)c1ccc[nH]1)C1CCCCC1. The summed E-state index contributed by atoms with van der Waals surface area (Å²) in [5.41, 5.74) is 0.645. The highest BCUT2D eigenvalue weighted by atomic mass is 16.1. The van der Waals surface area contributed by atoms with Crippen molar-refractivity contribution in [2.45, 2.75) is 57.4 Å². The number of aromatic nitrogens is 1. The Balaban J connectivity index is 1.49. The van der Waals surface area contributed by atoms with E-state index < -0.39 is 0 Å². The fourth-order valence-electron chi connectivity index (χ4n) is 3.14. The van der Waals surface area contributed by atoms with Gasteiger partial charge in [0.15, 0.2) is 0 Å². The molecule has 21 heavy (non-hydrogen) atoms. The Morgan fingerprint density at radius 1 is 1.29 bits per heavy atom. The Hall–Kier alpha value is -1.29. The molecule has 0 aliphatic heterocycles. The van der Waals surface area contributed by atoms with Crippen LogP contribution in [-0.4, -0.2) is 42.0 Å². The van der Waals surface area contributed by atoms with Crippen LogP contribution in [0.1, 0.15) is 61.9 Å². The molecule has 2 N–H and O–H groups in total. The van der Waals surface area contributed by atoms with Gasteiger partial charge in [-0.3, -0.25) is 4.79 Å². The van der Waals surface area contributed by atoms with E-state index in [1.165, 1.54) is 51.5 Å². The highest BCUT2D eigenvalue weighted by Gasteiger charge is 2.17. The van der Waals surface area contributed by atoms with Gasteiger partial charge in [0.25, 0.3) is 5.91 Å². The fourth-order valence-corrected chi connectivity index (χ4v) is 3.14. The minimum atomic E-state index is -0.000626. The highest BCUT2D eigenvalue weighted by Crippen LogP contribution is 2.21. The number of amides is 1.